The Morgan fingerprint density at radius 3 is 2.17 bits per heavy atom. The maximum atomic E-state index is 14.6. The number of methoxy groups -OCH3 is 1. The summed E-state index contributed by atoms with van der Waals surface area (Å²) in [7, 11) is 1.63. The first-order chi connectivity index (χ1) is 19.8. The molecule has 6 saturated carbocycles. The average Bonchev–Trinajstić information content (AvgIpc) is 2.99. The molecule has 1 aromatic carbocycles. The number of fused-ring (bicyclic) bond motifs is 3. The highest BCUT2D eigenvalue weighted by molar-refractivity contribution is 6.00. The number of carbonyl (C=O) groups excluding carboxylic acids is 1. The van der Waals surface area contributed by atoms with Gasteiger partial charge in [-0.2, -0.15) is 0 Å². The lowest BCUT2D eigenvalue weighted by Crippen LogP contribution is -2.71. The molecule has 214 valence electrons. The molecule has 6 fully saturated rings. The second-order valence-corrected chi connectivity index (χ2v) is 12.8. The molecule has 41 heavy (non-hydrogen) atoms. The quantitative estimate of drug-likeness (QED) is 0.326. The lowest BCUT2D eigenvalue weighted by molar-refractivity contribution is -0.211. The summed E-state index contributed by atoms with van der Waals surface area (Å²) >= 11 is 0. The van der Waals surface area contributed by atoms with Gasteiger partial charge >= 0.3 is 6.01 Å². The van der Waals surface area contributed by atoms with Crippen molar-refractivity contribution in [1.29, 1.82) is 0 Å². The van der Waals surface area contributed by atoms with Crippen molar-refractivity contribution in [2.45, 2.75) is 75.8 Å². The van der Waals surface area contributed by atoms with E-state index in [2.05, 4.69) is 19.9 Å². The summed E-state index contributed by atoms with van der Waals surface area (Å²) in [6.07, 6.45) is 14.1. The molecule has 0 aliphatic heterocycles. The molecule has 0 spiro atoms. The number of aromatic nitrogens is 4. The molecule has 8 nitrogen and oxygen atoms in total. The van der Waals surface area contributed by atoms with E-state index in [1.165, 1.54) is 0 Å². The Morgan fingerprint density at radius 2 is 1.59 bits per heavy atom. The first-order valence-electron chi connectivity index (χ1n) is 14.7. The summed E-state index contributed by atoms with van der Waals surface area (Å²) in [6.45, 7) is 3.05. The number of hydrogen-bond acceptors (Lipinski definition) is 7. The van der Waals surface area contributed by atoms with Gasteiger partial charge in [0.05, 0.1) is 31.5 Å². The molecule has 0 atom stereocenters. The van der Waals surface area contributed by atoms with E-state index in [1.807, 2.05) is 36.1 Å². The fraction of sp³-hybridized carbons (Fsp3) is 0.531. The number of alkyl halides is 1. The molecule has 1 amide bonds. The Labute approximate surface area is 239 Å². The number of carbonyl (C=O) groups is 1. The summed E-state index contributed by atoms with van der Waals surface area (Å²) in [5, 5.41) is 0. The zero-order valence-corrected chi connectivity index (χ0v) is 23.7. The van der Waals surface area contributed by atoms with Crippen LogP contribution in [0.15, 0.2) is 49.1 Å². The van der Waals surface area contributed by atoms with Crippen LogP contribution in [0.5, 0.6) is 11.8 Å². The minimum Gasteiger partial charge on any atom is -0.494 e. The average molecular weight is 558 g/mol. The summed E-state index contributed by atoms with van der Waals surface area (Å²) in [5.74, 6) is 1.65. The lowest BCUT2D eigenvalue weighted by Gasteiger charge is -2.65. The highest BCUT2D eigenvalue weighted by atomic mass is 19.1. The summed E-state index contributed by atoms with van der Waals surface area (Å²) in [5.41, 5.74) is 0.984. The maximum Gasteiger partial charge on any atom is 0.316 e. The fourth-order valence-electron chi connectivity index (χ4n) is 7.85. The van der Waals surface area contributed by atoms with Gasteiger partial charge in [0, 0.05) is 35.6 Å². The van der Waals surface area contributed by atoms with Crippen molar-refractivity contribution in [3.05, 3.63) is 54.9 Å². The number of rotatable bonds is 9. The van der Waals surface area contributed by atoms with Crippen LogP contribution in [0, 0.1) is 10.8 Å². The monoisotopic (exact) mass is 557 g/mol. The number of benzene rings is 1. The van der Waals surface area contributed by atoms with Gasteiger partial charge < -0.3 is 14.4 Å². The Balaban J connectivity index is 1.15. The highest BCUT2D eigenvalue weighted by Crippen LogP contribution is 2.70. The number of nitrogens with zero attached hydrogens (tertiary/aromatic N) is 5. The largest absolute Gasteiger partial charge is 0.494 e. The van der Waals surface area contributed by atoms with Crippen LogP contribution >= 0.6 is 0 Å². The van der Waals surface area contributed by atoms with E-state index in [0.29, 0.717) is 44.2 Å². The first-order valence-corrected chi connectivity index (χ1v) is 14.7. The zero-order chi connectivity index (χ0) is 28.3. The van der Waals surface area contributed by atoms with Gasteiger partial charge in [0.25, 0.3) is 0 Å². The molecule has 0 saturated heterocycles. The Bertz CT molecular complexity index is 1420. The topological polar surface area (TPSA) is 90.3 Å². The van der Waals surface area contributed by atoms with Crippen LogP contribution in [0.1, 0.15) is 70.5 Å². The number of amides is 1. The van der Waals surface area contributed by atoms with Gasteiger partial charge in [0.15, 0.2) is 5.75 Å². The summed E-state index contributed by atoms with van der Waals surface area (Å²) < 4.78 is 25.2. The van der Waals surface area contributed by atoms with E-state index < -0.39 is 11.1 Å². The van der Waals surface area contributed by atoms with Gasteiger partial charge in [-0.3, -0.25) is 4.79 Å². The highest BCUT2D eigenvalue weighted by Gasteiger charge is 2.73. The van der Waals surface area contributed by atoms with Gasteiger partial charge in [0.2, 0.25) is 5.91 Å². The van der Waals surface area contributed by atoms with E-state index in [-0.39, 0.29) is 16.7 Å². The lowest BCUT2D eigenvalue weighted by atomic mass is 9.41. The Hall–Kier alpha value is -3.62. The van der Waals surface area contributed by atoms with Crippen molar-refractivity contribution in [2.24, 2.45) is 10.8 Å². The molecule has 6 aliphatic rings. The van der Waals surface area contributed by atoms with E-state index in [4.69, 9.17) is 9.47 Å². The summed E-state index contributed by atoms with van der Waals surface area (Å²) in [4.78, 5) is 34.1. The minimum atomic E-state index is -1.13. The minimum absolute atomic E-state index is 0.00904. The number of hydrogen-bond donors (Lipinski definition) is 0. The standard InChI is InChI=1S/C32H36FN5O3/c1-3-41-28-36-14-23(15-37-28)22-5-4-6-24(13-22)38(27(39)31-18-32(33,19-31)20-31)21-29-7-10-30(11-8-29,12-9-29)26-34-16-25(40-2)17-35-26/h4-6,13-17H,3,7-12,18-21H2,1-2H3. The van der Waals surface area contributed by atoms with Crippen LogP contribution in [0.2, 0.25) is 0 Å². The Kier molecular flexibility index (Phi) is 6.07. The van der Waals surface area contributed by atoms with Crippen LogP contribution in [-0.2, 0) is 10.2 Å². The molecule has 6 aliphatic carbocycles. The summed E-state index contributed by atoms with van der Waals surface area (Å²) in [6, 6.07) is 8.38. The van der Waals surface area contributed by atoms with Crippen molar-refractivity contribution in [2.75, 3.05) is 25.2 Å². The van der Waals surface area contributed by atoms with Crippen molar-refractivity contribution < 1.29 is 18.7 Å². The van der Waals surface area contributed by atoms with Gasteiger partial charge in [-0.15, -0.1) is 0 Å². The molecule has 3 aromatic rings. The fourth-order valence-corrected chi connectivity index (χ4v) is 7.85. The molecule has 4 bridgehead atoms. The number of anilines is 1. The van der Waals surface area contributed by atoms with Crippen molar-refractivity contribution in [1.82, 2.24) is 19.9 Å². The second-order valence-electron chi connectivity index (χ2n) is 12.8. The van der Waals surface area contributed by atoms with Crippen LogP contribution in [-0.4, -0.2) is 51.8 Å². The smallest absolute Gasteiger partial charge is 0.316 e. The van der Waals surface area contributed by atoms with Gasteiger partial charge in [-0.05, 0) is 87.8 Å². The van der Waals surface area contributed by atoms with Crippen LogP contribution in [0.3, 0.4) is 0 Å². The third kappa shape index (κ3) is 4.35. The zero-order valence-electron chi connectivity index (χ0n) is 23.7. The Morgan fingerprint density at radius 1 is 0.927 bits per heavy atom. The van der Waals surface area contributed by atoms with E-state index in [0.717, 1.165) is 61.2 Å². The molecular weight excluding hydrogens is 521 g/mol. The third-order valence-electron chi connectivity index (χ3n) is 10.3. The van der Waals surface area contributed by atoms with Crippen molar-refractivity contribution in [3.63, 3.8) is 0 Å². The van der Waals surface area contributed by atoms with Gasteiger partial charge in [-0.1, -0.05) is 12.1 Å². The molecular formula is C32H36FN5O3. The molecule has 0 unspecified atom stereocenters. The van der Waals surface area contributed by atoms with Crippen LogP contribution in [0.25, 0.3) is 11.1 Å². The molecule has 0 N–H and O–H groups in total. The maximum absolute atomic E-state index is 14.6. The third-order valence-corrected chi connectivity index (χ3v) is 10.3. The predicted molar refractivity (Wildman–Crippen MR) is 152 cm³/mol. The molecule has 2 heterocycles. The van der Waals surface area contributed by atoms with Crippen molar-refractivity contribution in [3.8, 4) is 22.9 Å². The molecule has 0 radical (unpaired) electrons. The number of halogens is 1. The second kappa shape index (κ2) is 9.46. The van der Waals surface area contributed by atoms with Crippen LogP contribution in [0.4, 0.5) is 10.1 Å². The van der Waals surface area contributed by atoms with Gasteiger partial charge in [-0.25, -0.2) is 24.3 Å². The molecule has 2 aromatic heterocycles. The van der Waals surface area contributed by atoms with Crippen molar-refractivity contribution >= 4 is 11.6 Å². The molecule has 9 rings (SSSR count). The first kappa shape index (κ1) is 26.3. The number of ether oxygens (including phenoxy) is 2. The van der Waals surface area contributed by atoms with E-state index >= 15 is 0 Å². The normalized spacial score (nSPS) is 31.1. The van der Waals surface area contributed by atoms with Gasteiger partial charge in [0.1, 0.15) is 11.5 Å². The predicted octanol–water partition coefficient (Wildman–Crippen LogP) is 5.86. The molecule has 9 heteroatoms. The van der Waals surface area contributed by atoms with Crippen LogP contribution < -0.4 is 14.4 Å². The SMILES string of the molecule is CCOc1ncc(-c2cccc(N(CC34CCC(c5ncc(OC)cn5)(CC3)CC4)C(=O)C34CC(F)(C3)C4)c2)cn1. The van der Waals surface area contributed by atoms with E-state index in [9.17, 15) is 9.18 Å². The van der Waals surface area contributed by atoms with E-state index in [1.54, 1.807) is 31.9 Å².